The van der Waals surface area contributed by atoms with Gasteiger partial charge in [0.05, 0.1) is 5.69 Å². The molecule has 2 atom stereocenters. The Bertz CT molecular complexity index is 940. The Morgan fingerprint density at radius 3 is 2.12 bits per heavy atom. The molecule has 11 nitrogen and oxygen atoms in total. The fourth-order valence-electron chi connectivity index (χ4n) is 3.05. The Hall–Kier alpha value is -2.86. The molecule has 186 valence electrons. The van der Waals surface area contributed by atoms with Crippen LogP contribution in [0.2, 0.25) is 0 Å². The lowest BCUT2D eigenvalue weighted by atomic mass is 10.00. The van der Waals surface area contributed by atoms with E-state index in [0.29, 0.717) is 12.0 Å². The summed E-state index contributed by atoms with van der Waals surface area (Å²) in [5, 5.41) is 2.58. The van der Waals surface area contributed by atoms with E-state index in [0.717, 1.165) is 0 Å². The molecule has 0 aliphatic heterocycles. The standard InChI is InChI=1S/C21H34N4O7S/c1-13(2)11-16(23-20(28)32-21(3,4)5)19(27)25(6)17(18(22)26)12-14-7-9-15(10-8-14)24-33(29,30)31/h7-10,13,16-17,24H,11-12H2,1-6H3,(H2,22,26)(H,23,28)(H,29,30,31)/t16-,17-/m0/s1. The first-order valence-electron chi connectivity index (χ1n) is 10.4. The number of nitrogens with zero attached hydrogens (tertiary/aromatic N) is 1. The van der Waals surface area contributed by atoms with Gasteiger partial charge in [0.2, 0.25) is 11.8 Å². The van der Waals surface area contributed by atoms with E-state index in [-0.39, 0.29) is 18.0 Å². The van der Waals surface area contributed by atoms with E-state index in [4.69, 9.17) is 15.0 Å². The number of rotatable bonds is 10. The number of hydrogen-bond acceptors (Lipinski definition) is 6. The number of hydrogen-bond donors (Lipinski definition) is 4. The van der Waals surface area contributed by atoms with Gasteiger partial charge in [-0.15, -0.1) is 0 Å². The van der Waals surface area contributed by atoms with Crippen LogP contribution >= 0.6 is 0 Å². The molecule has 1 aromatic rings. The number of benzene rings is 1. The van der Waals surface area contributed by atoms with Crippen LogP contribution in [-0.2, 0) is 31.1 Å². The first-order valence-corrected chi connectivity index (χ1v) is 11.8. The van der Waals surface area contributed by atoms with Gasteiger partial charge >= 0.3 is 16.4 Å². The predicted octanol–water partition coefficient (Wildman–Crippen LogP) is 1.70. The van der Waals surface area contributed by atoms with Crippen LogP contribution < -0.4 is 15.8 Å². The van der Waals surface area contributed by atoms with E-state index in [1.54, 1.807) is 20.8 Å². The fraction of sp³-hybridized carbons (Fsp3) is 0.571. The van der Waals surface area contributed by atoms with Crippen molar-refractivity contribution >= 4 is 33.9 Å². The van der Waals surface area contributed by atoms with Crippen LogP contribution in [-0.4, -0.2) is 60.5 Å². The number of carbonyl (C=O) groups is 3. The Kier molecular flexibility index (Phi) is 9.67. The summed E-state index contributed by atoms with van der Waals surface area (Å²) in [4.78, 5) is 38.8. The van der Waals surface area contributed by atoms with Gasteiger partial charge < -0.3 is 20.7 Å². The minimum Gasteiger partial charge on any atom is -0.444 e. The van der Waals surface area contributed by atoms with Gasteiger partial charge in [-0.05, 0) is 50.8 Å². The Morgan fingerprint density at radius 1 is 1.15 bits per heavy atom. The molecule has 0 fully saturated rings. The zero-order valence-corrected chi connectivity index (χ0v) is 20.6. The summed E-state index contributed by atoms with van der Waals surface area (Å²) in [7, 11) is -2.99. The highest BCUT2D eigenvalue weighted by Gasteiger charge is 2.32. The van der Waals surface area contributed by atoms with Crippen molar-refractivity contribution < 1.29 is 32.1 Å². The lowest BCUT2D eigenvalue weighted by molar-refractivity contribution is -0.139. The number of amides is 3. The van der Waals surface area contributed by atoms with Crippen LogP contribution in [0.15, 0.2) is 24.3 Å². The average molecular weight is 487 g/mol. The lowest BCUT2D eigenvalue weighted by Gasteiger charge is -2.31. The van der Waals surface area contributed by atoms with Crippen LogP contribution in [0.5, 0.6) is 0 Å². The molecule has 0 aliphatic carbocycles. The van der Waals surface area contributed by atoms with Crippen molar-refractivity contribution in [3.05, 3.63) is 29.8 Å². The zero-order chi connectivity index (χ0) is 25.6. The lowest BCUT2D eigenvalue weighted by Crippen LogP contribution is -2.55. The minimum atomic E-state index is -4.41. The van der Waals surface area contributed by atoms with Gasteiger partial charge in [-0.1, -0.05) is 26.0 Å². The molecule has 3 amide bonds. The predicted molar refractivity (Wildman–Crippen MR) is 124 cm³/mol. The second kappa shape index (κ2) is 11.3. The number of anilines is 1. The summed E-state index contributed by atoms with van der Waals surface area (Å²) in [6.07, 6.45) is -0.360. The van der Waals surface area contributed by atoms with Crippen molar-refractivity contribution in [3.8, 4) is 0 Å². The van der Waals surface area contributed by atoms with Crippen LogP contribution in [0.3, 0.4) is 0 Å². The monoisotopic (exact) mass is 486 g/mol. The number of primary amides is 1. The summed E-state index contributed by atoms with van der Waals surface area (Å²) in [5.41, 5.74) is 5.53. The highest BCUT2D eigenvalue weighted by atomic mass is 32.2. The molecule has 0 unspecified atom stereocenters. The topological polar surface area (TPSA) is 168 Å². The van der Waals surface area contributed by atoms with Crippen molar-refractivity contribution in [2.75, 3.05) is 11.8 Å². The van der Waals surface area contributed by atoms with Crippen LogP contribution in [0.25, 0.3) is 0 Å². The molecule has 0 heterocycles. The maximum atomic E-state index is 13.2. The molecule has 0 spiro atoms. The van der Waals surface area contributed by atoms with Crippen molar-refractivity contribution in [2.24, 2.45) is 11.7 Å². The van der Waals surface area contributed by atoms with Gasteiger partial charge in [0.25, 0.3) is 0 Å². The molecule has 0 bridgehead atoms. The maximum Gasteiger partial charge on any atom is 0.408 e. The molecular formula is C21H34N4O7S. The molecular weight excluding hydrogens is 452 g/mol. The van der Waals surface area contributed by atoms with E-state index in [1.165, 1.54) is 36.2 Å². The Morgan fingerprint density at radius 2 is 1.70 bits per heavy atom. The first-order chi connectivity index (χ1) is 15.0. The Balaban J connectivity index is 3.02. The molecule has 0 radical (unpaired) electrons. The summed E-state index contributed by atoms with van der Waals surface area (Å²) in [5.74, 6) is -1.17. The second-order valence-electron chi connectivity index (χ2n) is 9.17. The number of nitrogens with two attached hydrogens (primary N) is 1. The number of likely N-dealkylation sites (N-methyl/N-ethyl adjacent to an activating group) is 1. The van der Waals surface area contributed by atoms with Crippen LogP contribution in [0.4, 0.5) is 10.5 Å². The third-order valence-electron chi connectivity index (χ3n) is 4.47. The molecule has 1 aromatic carbocycles. The molecule has 1 rings (SSSR count). The van der Waals surface area contributed by atoms with Gasteiger partial charge in [-0.2, -0.15) is 8.42 Å². The average Bonchev–Trinajstić information content (AvgIpc) is 2.62. The molecule has 5 N–H and O–H groups in total. The first kappa shape index (κ1) is 28.2. The van der Waals surface area contributed by atoms with Gasteiger partial charge in [0.1, 0.15) is 17.7 Å². The molecule has 12 heteroatoms. The van der Waals surface area contributed by atoms with E-state index < -0.39 is 45.9 Å². The SMILES string of the molecule is CC(C)C[C@H](NC(=O)OC(C)(C)C)C(=O)N(C)[C@@H](Cc1ccc(NS(=O)(=O)O)cc1)C(N)=O. The van der Waals surface area contributed by atoms with Crippen molar-refractivity contribution in [2.45, 2.75) is 65.1 Å². The number of carbonyl (C=O) groups excluding carboxylic acids is 3. The largest absolute Gasteiger partial charge is 0.444 e. The van der Waals surface area contributed by atoms with Gasteiger partial charge in [0.15, 0.2) is 0 Å². The molecule has 0 aromatic heterocycles. The Labute approximate surface area is 194 Å². The number of nitrogens with one attached hydrogen (secondary N) is 2. The van der Waals surface area contributed by atoms with Gasteiger partial charge in [0, 0.05) is 13.5 Å². The quantitative estimate of drug-likeness (QED) is 0.365. The molecule has 0 aliphatic rings. The highest BCUT2D eigenvalue weighted by Crippen LogP contribution is 2.16. The van der Waals surface area contributed by atoms with E-state index in [9.17, 15) is 22.8 Å². The van der Waals surface area contributed by atoms with Crippen LogP contribution in [0, 0.1) is 5.92 Å². The maximum absolute atomic E-state index is 13.2. The fourth-order valence-corrected chi connectivity index (χ4v) is 3.49. The van der Waals surface area contributed by atoms with Crippen molar-refractivity contribution in [1.29, 1.82) is 0 Å². The van der Waals surface area contributed by atoms with Crippen LogP contribution in [0.1, 0.15) is 46.6 Å². The zero-order valence-electron chi connectivity index (χ0n) is 19.8. The van der Waals surface area contributed by atoms with Gasteiger partial charge in [-0.3, -0.25) is 18.9 Å². The molecule has 0 saturated carbocycles. The van der Waals surface area contributed by atoms with Gasteiger partial charge in [-0.25, -0.2) is 4.79 Å². The number of alkyl carbamates (subject to hydrolysis) is 1. The summed E-state index contributed by atoms with van der Waals surface area (Å²) in [6, 6.07) is 3.92. The van der Waals surface area contributed by atoms with Crippen molar-refractivity contribution in [3.63, 3.8) is 0 Å². The normalized spacial score (nSPS) is 13.7. The molecule has 0 saturated heterocycles. The van der Waals surface area contributed by atoms with E-state index >= 15 is 0 Å². The number of ether oxygens (including phenoxy) is 1. The summed E-state index contributed by atoms with van der Waals surface area (Å²) < 4.78 is 37.8. The van der Waals surface area contributed by atoms with E-state index in [1.807, 2.05) is 18.6 Å². The van der Waals surface area contributed by atoms with E-state index in [2.05, 4.69) is 5.32 Å². The highest BCUT2D eigenvalue weighted by molar-refractivity contribution is 7.87. The molecule has 33 heavy (non-hydrogen) atoms. The third kappa shape index (κ3) is 10.5. The summed E-state index contributed by atoms with van der Waals surface area (Å²) in [6.45, 7) is 8.91. The van der Waals surface area contributed by atoms with Crippen molar-refractivity contribution in [1.82, 2.24) is 10.2 Å². The smallest absolute Gasteiger partial charge is 0.408 e. The summed E-state index contributed by atoms with van der Waals surface area (Å²) >= 11 is 0. The minimum absolute atomic E-state index is 0.0601. The third-order valence-corrected chi connectivity index (χ3v) is 4.96. The second-order valence-corrected chi connectivity index (χ2v) is 10.3.